The van der Waals surface area contributed by atoms with Crippen LogP contribution in [0.1, 0.15) is 24.0 Å². The Labute approximate surface area is 132 Å². The number of hydrogen-bond donors (Lipinski definition) is 0. The van der Waals surface area contributed by atoms with Gasteiger partial charge in [0.15, 0.2) is 0 Å². The Balaban J connectivity index is 2.13. The molecule has 1 heterocycles. The maximum atomic E-state index is 12.7. The van der Waals surface area contributed by atoms with E-state index in [9.17, 15) is 8.42 Å². The van der Waals surface area contributed by atoms with Gasteiger partial charge in [-0.1, -0.05) is 24.3 Å². The summed E-state index contributed by atoms with van der Waals surface area (Å²) in [7, 11) is 0.689. The normalized spacial score (nSPS) is 20.3. The monoisotopic (exact) mass is 330 g/mol. The zero-order valence-electron chi connectivity index (χ0n) is 12.6. The first-order valence-corrected chi connectivity index (χ1v) is 9.35. The lowest BCUT2D eigenvalue weighted by Gasteiger charge is -2.26. The van der Waals surface area contributed by atoms with E-state index in [1.807, 2.05) is 43.3 Å². The molecule has 1 fully saturated rings. The molecule has 1 aromatic carbocycles. The van der Waals surface area contributed by atoms with Gasteiger partial charge in [-0.05, 0) is 38.1 Å². The van der Waals surface area contributed by atoms with Crippen molar-refractivity contribution in [3.8, 4) is 0 Å². The van der Waals surface area contributed by atoms with Gasteiger partial charge in [0.2, 0.25) is 10.0 Å². The Morgan fingerprint density at radius 3 is 2.71 bits per heavy atom. The van der Waals surface area contributed by atoms with Crippen LogP contribution >= 0.6 is 11.6 Å². The van der Waals surface area contributed by atoms with Gasteiger partial charge in [-0.15, -0.1) is 11.6 Å². The van der Waals surface area contributed by atoms with Gasteiger partial charge in [0, 0.05) is 25.0 Å². The second-order valence-electron chi connectivity index (χ2n) is 5.88. The number of halogens is 1. The molecule has 1 unspecified atom stereocenters. The van der Waals surface area contributed by atoms with Crippen LogP contribution in [0.25, 0.3) is 0 Å². The fraction of sp³-hybridized carbons (Fsp3) is 0.600. The lowest BCUT2D eigenvalue weighted by Crippen LogP contribution is -2.41. The van der Waals surface area contributed by atoms with Crippen molar-refractivity contribution in [3.05, 3.63) is 35.4 Å². The summed E-state index contributed by atoms with van der Waals surface area (Å²) in [6.45, 7) is 1.41. The molecule has 0 bridgehead atoms. The van der Waals surface area contributed by atoms with Crippen molar-refractivity contribution in [1.82, 2.24) is 9.21 Å². The highest BCUT2D eigenvalue weighted by molar-refractivity contribution is 7.88. The molecule has 0 spiro atoms. The third-order valence-electron chi connectivity index (χ3n) is 3.75. The minimum absolute atomic E-state index is 0.0572. The second kappa shape index (κ2) is 7.09. The number of likely N-dealkylation sites (N-methyl/N-ethyl adjacent to an activating group) is 1. The van der Waals surface area contributed by atoms with Gasteiger partial charge in [0.1, 0.15) is 0 Å². The van der Waals surface area contributed by atoms with E-state index in [1.54, 1.807) is 4.31 Å². The van der Waals surface area contributed by atoms with Crippen molar-refractivity contribution in [3.63, 3.8) is 0 Å². The Hall–Kier alpha value is -0.620. The average Bonchev–Trinajstić information content (AvgIpc) is 2.86. The summed E-state index contributed by atoms with van der Waals surface area (Å²) in [5.74, 6) is 0.461. The Morgan fingerprint density at radius 1 is 1.33 bits per heavy atom. The topological polar surface area (TPSA) is 40.6 Å². The molecule has 1 atom stereocenters. The van der Waals surface area contributed by atoms with Crippen molar-refractivity contribution in [2.75, 3.05) is 27.2 Å². The average molecular weight is 331 g/mol. The molecule has 0 amide bonds. The van der Waals surface area contributed by atoms with E-state index < -0.39 is 10.0 Å². The standard InChI is InChI=1S/C15H23ClN2O2S/c1-17(2)11-15-7-4-8-18(15)21(19,20)12-14-6-3-5-13(9-14)10-16/h3,5-6,9,15H,4,7-8,10-12H2,1-2H3. The van der Waals surface area contributed by atoms with Crippen LogP contribution in [0.4, 0.5) is 0 Å². The molecule has 1 saturated heterocycles. The smallest absolute Gasteiger partial charge is 0.218 e. The zero-order valence-corrected chi connectivity index (χ0v) is 14.2. The van der Waals surface area contributed by atoms with Crippen LogP contribution in [0.5, 0.6) is 0 Å². The molecule has 4 nitrogen and oxygen atoms in total. The van der Waals surface area contributed by atoms with Crippen LogP contribution in [0.2, 0.25) is 0 Å². The zero-order chi connectivity index (χ0) is 15.5. The molecule has 1 aromatic rings. The number of hydrogen-bond acceptors (Lipinski definition) is 3. The van der Waals surface area contributed by atoms with E-state index in [-0.39, 0.29) is 11.8 Å². The second-order valence-corrected chi connectivity index (χ2v) is 8.07. The molecule has 0 aromatic heterocycles. The largest absolute Gasteiger partial charge is 0.308 e. The van der Waals surface area contributed by atoms with Gasteiger partial charge in [0.05, 0.1) is 5.75 Å². The van der Waals surface area contributed by atoms with E-state index in [2.05, 4.69) is 0 Å². The Kier molecular flexibility index (Phi) is 5.66. The first-order chi connectivity index (χ1) is 9.92. The molecule has 0 radical (unpaired) electrons. The maximum absolute atomic E-state index is 12.7. The van der Waals surface area contributed by atoms with Crippen molar-refractivity contribution in [2.24, 2.45) is 0 Å². The predicted molar refractivity (Wildman–Crippen MR) is 86.9 cm³/mol. The van der Waals surface area contributed by atoms with Crippen molar-refractivity contribution < 1.29 is 8.42 Å². The van der Waals surface area contributed by atoms with Gasteiger partial charge in [0.25, 0.3) is 0 Å². The van der Waals surface area contributed by atoms with Crippen LogP contribution in [0, 0.1) is 0 Å². The van der Waals surface area contributed by atoms with Crippen molar-refractivity contribution in [2.45, 2.75) is 30.5 Å². The van der Waals surface area contributed by atoms with Crippen LogP contribution in [0.3, 0.4) is 0 Å². The molecule has 0 saturated carbocycles. The van der Waals surface area contributed by atoms with E-state index in [0.29, 0.717) is 12.4 Å². The highest BCUT2D eigenvalue weighted by Crippen LogP contribution is 2.24. The lowest BCUT2D eigenvalue weighted by molar-refractivity contribution is 0.291. The van der Waals surface area contributed by atoms with Crippen LogP contribution in [-0.2, 0) is 21.7 Å². The van der Waals surface area contributed by atoms with Crippen molar-refractivity contribution >= 4 is 21.6 Å². The first kappa shape index (κ1) is 16.7. The summed E-state index contributed by atoms with van der Waals surface area (Å²) < 4.78 is 27.0. The fourth-order valence-electron chi connectivity index (χ4n) is 2.88. The Morgan fingerprint density at radius 2 is 2.05 bits per heavy atom. The summed E-state index contributed by atoms with van der Waals surface area (Å²) >= 11 is 5.81. The van der Waals surface area contributed by atoms with Crippen molar-refractivity contribution in [1.29, 1.82) is 0 Å². The highest BCUT2D eigenvalue weighted by Gasteiger charge is 2.34. The number of benzene rings is 1. The molecule has 2 rings (SSSR count). The number of rotatable bonds is 6. The van der Waals surface area contributed by atoms with Gasteiger partial charge in [-0.2, -0.15) is 4.31 Å². The molecular weight excluding hydrogens is 308 g/mol. The summed E-state index contributed by atoms with van der Waals surface area (Å²) in [6.07, 6.45) is 1.89. The molecule has 1 aliphatic rings. The number of nitrogens with zero attached hydrogens (tertiary/aromatic N) is 2. The number of alkyl halides is 1. The predicted octanol–water partition coefficient (Wildman–Crippen LogP) is 2.28. The maximum Gasteiger partial charge on any atom is 0.218 e. The third kappa shape index (κ3) is 4.42. The summed E-state index contributed by atoms with van der Waals surface area (Å²) in [5.41, 5.74) is 1.76. The summed E-state index contributed by atoms with van der Waals surface area (Å²) in [6, 6.07) is 7.60. The fourth-order valence-corrected chi connectivity index (χ4v) is 4.84. The van der Waals surface area contributed by atoms with Gasteiger partial charge >= 0.3 is 0 Å². The van der Waals surface area contributed by atoms with E-state index >= 15 is 0 Å². The van der Waals surface area contributed by atoms with Crippen LogP contribution in [0.15, 0.2) is 24.3 Å². The minimum Gasteiger partial charge on any atom is -0.308 e. The van der Waals surface area contributed by atoms with Crippen LogP contribution in [-0.4, -0.2) is 50.8 Å². The van der Waals surface area contributed by atoms with Crippen LogP contribution < -0.4 is 0 Å². The number of sulfonamides is 1. The molecule has 0 aliphatic carbocycles. The lowest BCUT2D eigenvalue weighted by atomic mass is 10.2. The molecule has 21 heavy (non-hydrogen) atoms. The minimum atomic E-state index is -3.27. The SMILES string of the molecule is CN(C)CC1CCCN1S(=O)(=O)Cc1cccc(CCl)c1. The van der Waals surface area contributed by atoms with E-state index in [4.69, 9.17) is 11.6 Å². The molecule has 1 aliphatic heterocycles. The third-order valence-corrected chi connectivity index (χ3v) is 5.95. The summed E-state index contributed by atoms with van der Waals surface area (Å²) in [5, 5.41) is 0. The van der Waals surface area contributed by atoms with Gasteiger partial charge < -0.3 is 4.90 Å². The van der Waals surface area contributed by atoms with E-state index in [1.165, 1.54) is 0 Å². The molecular formula is C15H23ClN2O2S. The van der Waals surface area contributed by atoms with E-state index in [0.717, 1.165) is 30.5 Å². The Bertz CT molecular complexity index is 575. The quantitative estimate of drug-likeness (QED) is 0.751. The highest BCUT2D eigenvalue weighted by atomic mass is 35.5. The first-order valence-electron chi connectivity index (χ1n) is 7.20. The van der Waals surface area contributed by atoms with Gasteiger partial charge in [-0.25, -0.2) is 8.42 Å². The van der Waals surface area contributed by atoms with Gasteiger partial charge in [-0.3, -0.25) is 0 Å². The molecule has 118 valence electrons. The summed E-state index contributed by atoms with van der Waals surface area (Å²) in [4.78, 5) is 2.05. The molecule has 6 heteroatoms. The molecule has 0 N–H and O–H groups in total.